The van der Waals surface area contributed by atoms with Crippen LogP contribution in [0.15, 0.2) is 10.4 Å². The standard InChI is InChI=1S/C17H28N4S.HI/c1-14-12-22-15(20-14)6-3-4-10-19-16(18-2)21-11-9-17(13-21)7-5-8-17;/h12H,3-11,13H2,1-2H3,(H,18,19);1H. The summed E-state index contributed by atoms with van der Waals surface area (Å²) < 4.78 is 0. The van der Waals surface area contributed by atoms with Crippen LogP contribution in [0.5, 0.6) is 0 Å². The number of unbranched alkanes of at least 4 members (excludes halogenated alkanes) is 1. The molecule has 6 heteroatoms. The predicted octanol–water partition coefficient (Wildman–Crippen LogP) is 3.84. The fourth-order valence-corrected chi connectivity index (χ4v) is 4.47. The monoisotopic (exact) mass is 448 g/mol. The van der Waals surface area contributed by atoms with Crippen LogP contribution in [0.3, 0.4) is 0 Å². The second kappa shape index (κ2) is 8.65. The lowest BCUT2D eigenvalue weighted by molar-refractivity contribution is 0.151. The van der Waals surface area contributed by atoms with E-state index in [1.165, 1.54) is 56.6 Å². The lowest BCUT2D eigenvalue weighted by atomic mass is 9.68. The second-order valence-electron chi connectivity index (χ2n) is 6.84. The third-order valence-electron chi connectivity index (χ3n) is 5.13. The van der Waals surface area contributed by atoms with Crippen molar-refractivity contribution in [2.24, 2.45) is 10.4 Å². The molecule has 3 rings (SSSR count). The van der Waals surface area contributed by atoms with E-state index in [1.54, 1.807) is 11.3 Å². The minimum atomic E-state index is 0. The number of aliphatic imine (C=N–C) groups is 1. The van der Waals surface area contributed by atoms with E-state index in [9.17, 15) is 0 Å². The molecule has 2 aliphatic rings. The van der Waals surface area contributed by atoms with Gasteiger partial charge in [0.25, 0.3) is 0 Å². The van der Waals surface area contributed by atoms with Crippen LogP contribution in [0.1, 0.15) is 49.2 Å². The summed E-state index contributed by atoms with van der Waals surface area (Å²) in [6.45, 7) is 5.47. The number of thiazole rings is 1. The van der Waals surface area contributed by atoms with Gasteiger partial charge in [0.1, 0.15) is 0 Å². The molecule has 1 aliphatic heterocycles. The number of halogens is 1. The van der Waals surface area contributed by atoms with Gasteiger partial charge in [-0.05, 0) is 50.9 Å². The number of nitrogens with zero attached hydrogens (tertiary/aromatic N) is 3. The minimum absolute atomic E-state index is 0. The van der Waals surface area contributed by atoms with E-state index in [4.69, 9.17) is 0 Å². The molecule has 1 aromatic rings. The maximum Gasteiger partial charge on any atom is 0.193 e. The summed E-state index contributed by atoms with van der Waals surface area (Å²) in [7, 11) is 1.91. The van der Waals surface area contributed by atoms with E-state index in [-0.39, 0.29) is 24.0 Å². The number of hydrogen-bond acceptors (Lipinski definition) is 3. The Balaban J connectivity index is 0.00000192. The molecule has 0 radical (unpaired) electrons. The average molecular weight is 448 g/mol. The number of likely N-dealkylation sites (tertiary alicyclic amines) is 1. The molecular formula is C17H29IN4S. The molecule has 2 heterocycles. The summed E-state index contributed by atoms with van der Waals surface area (Å²) >= 11 is 1.78. The van der Waals surface area contributed by atoms with Crippen molar-refractivity contribution in [2.45, 2.75) is 51.9 Å². The summed E-state index contributed by atoms with van der Waals surface area (Å²) in [5.41, 5.74) is 1.79. The first kappa shape index (κ1) is 19.0. The zero-order chi connectivity index (χ0) is 15.4. The van der Waals surface area contributed by atoms with Crippen molar-refractivity contribution in [1.29, 1.82) is 0 Å². The van der Waals surface area contributed by atoms with Crippen LogP contribution in [0.4, 0.5) is 0 Å². The normalized spacial score (nSPS) is 19.6. The minimum Gasteiger partial charge on any atom is -0.356 e. The van der Waals surface area contributed by atoms with Crippen molar-refractivity contribution < 1.29 is 0 Å². The first-order valence-electron chi connectivity index (χ1n) is 8.57. The average Bonchev–Trinajstić information content (AvgIpc) is 3.09. The summed E-state index contributed by atoms with van der Waals surface area (Å²) in [5.74, 6) is 1.11. The first-order valence-corrected chi connectivity index (χ1v) is 9.45. The Bertz CT molecular complexity index is 524. The third kappa shape index (κ3) is 4.81. The molecule has 1 aliphatic carbocycles. The highest BCUT2D eigenvalue weighted by Gasteiger charge is 2.43. The number of hydrogen-bond donors (Lipinski definition) is 1. The lowest BCUT2D eigenvalue weighted by Gasteiger charge is -2.38. The number of guanidine groups is 1. The van der Waals surface area contributed by atoms with Crippen LogP contribution in [-0.4, -0.2) is 42.5 Å². The zero-order valence-electron chi connectivity index (χ0n) is 14.3. The van der Waals surface area contributed by atoms with Crippen molar-refractivity contribution in [3.63, 3.8) is 0 Å². The Morgan fingerprint density at radius 1 is 1.39 bits per heavy atom. The van der Waals surface area contributed by atoms with E-state index in [2.05, 4.69) is 32.5 Å². The van der Waals surface area contributed by atoms with E-state index in [0.717, 1.165) is 24.6 Å². The lowest BCUT2D eigenvalue weighted by Crippen LogP contribution is -2.42. The molecule has 2 fully saturated rings. The Labute approximate surface area is 161 Å². The van der Waals surface area contributed by atoms with E-state index < -0.39 is 0 Å². The maximum atomic E-state index is 4.52. The highest BCUT2D eigenvalue weighted by Crippen LogP contribution is 2.47. The van der Waals surface area contributed by atoms with Crippen LogP contribution in [0, 0.1) is 12.3 Å². The first-order chi connectivity index (χ1) is 10.7. The van der Waals surface area contributed by atoms with E-state index >= 15 is 0 Å². The molecule has 0 amide bonds. The molecule has 1 saturated carbocycles. The molecule has 0 bridgehead atoms. The zero-order valence-corrected chi connectivity index (χ0v) is 17.5. The fourth-order valence-electron chi connectivity index (χ4n) is 3.65. The predicted molar refractivity (Wildman–Crippen MR) is 109 cm³/mol. The third-order valence-corrected chi connectivity index (χ3v) is 6.16. The van der Waals surface area contributed by atoms with Crippen LogP contribution >= 0.6 is 35.3 Å². The number of rotatable bonds is 5. The summed E-state index contributed by atoms with van der Waals surface area (Å²) in [4.78, 5) is 11.5. The van der Waals surface area contributed by atoms with Gasteiger partial charge in [0, 0.05) is 37.8 Å². The Morgan fingerprint density at radius 3 is 2.78 bits per heavy atom. The Morgan fingerprint density at radius 2 is 2.22 bits per heavy atom. The molecule has 1 aromatic heterocycles. The van der Waals surface area contributed by atoms with Gasteiger partial charge in [-0.25, -0.2) is 4.98 Å². The second-order valence-corrected chi connectivity index (χ2v) is 7.78. The van der Waals surface area contributed by atoms with Gasteiger partial charge < -0.3 is 10.2 Å². The molecule has 23 heavy (non-hydrogen) atoms. The van der Waals surface area contributed by atoms with Gasteiger partial charge in [0.2, 0.25) is 0 Å². The van der Waals surface area contributed by atoms with Gasteiger partial charge >= 0.3 is 0 Å². The van der Waals surface area contributed by atoms with Crippen molar-refractivity contribution in [1.82, 2.24) is 15.2 Å². The summed E-state index contributed by atoms with van der Waals surface area (Å²) in [6, 6.07) is 0. The molecule has 4 nitrogen and oxygen atoms in total. The number of nitrogens with one attached hydrogen (secondary N) is 1. The van der Waals surface area contributed by atoms with Gasteiger partial charge in [0.05, 0.1) is 5.01 Å². The Kier molecular flexibility index (Phi) is 7.13. The molecule has 1 N–H and O–H groups in total. The number of aromatic nitrogens is 1. The Hall–Kier alpha value is -0.370. The molecular weight excluding hydrogens is 419 g/mol. The van der Waals surface area contributed by atoms with Crippen LogP contribution < -0.4 is 5.32 Å². The van der Waals surface area contributed by atoms with Gasteiger partial charge in [-0.15, -0.1) is 35.3 Å². The van der Waals surface area contributed by atoms with Crippen molar-refractivity contribution >= 4 is 41.3 Å². The van der Waals surface area contributed by atoms with Crippen molar-refractivity contribution in [2.75, 3.05) is 26.7 Å². The summed E-state index contributed by atoms with van der Waals surface area (Å²) in [6.07, 6.45) is 9.11. The van der Waals surface area contributed by atoms with Crippen LogP contribution in [0.2, 0.25) is 0 Å². The van der Waals surface area contributed by atoms with Gasteiger partial charge in [0.15, 0.2) is 5.96 Å². The van der Waals surface area contributed by atoms with Gasteiger partial charge in [-0.1, -0.05) is 6.42 Å². The van der Waals surface area contributed by atoms with Crippen molar-refractivity contribution in [3.8, 4) is 0 Å². The molecule has 1 saturated heterocycles. The highest BCUT2D eigenvalue weighted by molar-refractivity contribution is 14.0. The van der Waals surface area contributed by atoms with E-state index in [0.29, 0.717) is 5.41 Å². The number of aryl methyl sites for hydroxylation is 2. The van der Waals surface area contributed by atoms with Crippen LogP contribution in [0.25, 0.3) is 0 Å². The van der Waals surface area contributed by atoms with E-state index in [1.807, 2.05) is 7.05 Å². The molecule has 0 aromatic carbocycles. The molecule has 130 valence electrons. The topological polar surface area (TPSA) is 40.5 Å². The van der Waals surface area contributed by atoms with Gasteiger partial charge in [-0.3, -0.25) is 4.99 Å². The molecule has 1 spiro atoms. The van der Waals surface area contributed by atoms with Crippen molar-refractivity contribution in [3.05, 3.63) is 16.1 Å². The van der Waals surface area contributed by atoms with Gasteiger partial charge in [-0.2, -0.15) is 0 Å². The molecule has 0 unspecified atom stereocenters. The largest absolute Gasteiger partial charge is 0.356 e. The fraction of sp³-hybridized carbons (Fsp3) is 0.765. The van der Waals surface area contributed by atoms with Crippen LogP contribution in [-0.2, 0) is 6.42 Å². The SMILES string of the molecule is CN=C(NCCCCc1nc(C)cs1)N1CCC2(CCC2)C1.I. The highest BCUT2D eigenvalue weighted by atomic mass is 127. The summed E-state index contributed by atoms with van der Waals surface area (Å²) in [5, 5.41) is 6.96. The smallest absolute Gasteiger partial charge is 0.193 e. The quantitative estimate of drug-likeness (QED) is 0.322. The molecule has 0 atom stereocenters. The maximum absolute atomic E-state index is 4.52.